The van der Waals surface area contributed by atoms with Crippen LogP contribution in [0.1, 0.15) is 18.3 Å². The summed E-state index contributed by atoms with van der Waals surface area (Å²) in [5.41, 5.74) is 3.33. The largest absolute Gasteiger partial charge is 0.384 e. The van der Waals surface area contributed by atoms with Crippen LogP contribution in [-0.2, 0) is 11.3 Å². The van der Waals surface area contributed by atoms with Crippen molar-refractivity contribution < 1.29 is 4.74 Å². The van der Waals surface area contributed by atoms with E-state index in [0.29, 0.717) is 5.92 Å². The maximum absolute atomic E-state index is 5.13. The van der Waals surface area contributed by atoms with Crippen molar-refractivity contribution in [3.63, 3.8) is 0 Å². The molecule has 0 aliphatic carbocycles. The van der Waals surface area contributed by atoms with Crippen molar-refractivity contribution in [2.75, 3.05) is 20.3 Å². The predicted molar refractivity (Wildman–Crippen MR) is 72.7 cm³/mol. The SMILES string of the molecule is COCC(C)CNCc1c(C)nc2ccccn12. The van der Waals surface area contributed by atoms with E-state index in [0.717, 1.165) is 31.0 Å². The number of ether oxygens (including phenoxy) is 1. The molecule has 0 fully saturated rings. The lowest BCUT2D eigenvalue weighted by Gasteiger charge is -2.11. The van der Waals surface area contributed by atoms with Crippen LogP contribution in [0.4, 0.5) is 0 Å². The fraction of sp³-hybridized carbons (Fsp3) is 0.500. The minimum atomic E-state index is 0.523. The minimum Gasteiger partial charge on any atom is -0.384 e. The van der Waals surface area contributed by atoms with Gasteiger partial charge in [0.15, 0.2) is 0 Å². The topological polar surface area (TPSA) is 38.6 Å². The van der Waals surface area contributed by atoms with Crippen molar-refractivity contribution in [3.8, 4) is 0 Å². The molecule has 1 unspecified atom stereocenters. The summed E-state index contributed by atoms with van der Waals surface area (Å²) in [7, 11) is 1.74. The number of hydrogen-bond acceptors (Lipinski definition) is 3. The fourth-order valence-electron chi connectivity index (χ4n) is 2.16. The van der Waals surface area contributed by atoms with Gasteiger partial charge < -0.3 is 14.5 Å². The molecule has 2 aromatic rings. The lowest BCUT2D eigenvalue weighted by atomic mass is 10.2. The molecule has 4 nitrogen and oxygen atoms in total. The Kier molecular flexibility index (Phi) is 4.33. The van der Waals surface area contributed by atoms with E-state index in [1.54, 1.807) is 7.11 Å². The Labute approximate surface area is 108 Å². The van der Waals surface area contributed by atoms with E-state index in [9.17, 15) is 0 Å². The number of imidazole rings is 1. The van der Waals surface area contributed by atoms with Gasteiger partial charge in [-0.05, 0) is 25.0 Å². The highest BCUT2D eigenvalue weighted by atomic mass is 16.5. The first kappa shape index (κ1) is 13.1. The second-order valence-electron chi connectivity index (χ2n) is 4.76. The third-order valence-corrected chi connectivity index (χ3v) is 3.07. The van der Waals surface area contributed by atoms with Crippen LogP contribution in [0.3, 0.4) is 0 Å². The quantitative estimate of drug-likeness (QED) is 0.848. The van der Waals surface area contributed by atoms with Gasteiger partial charge in [-0.25, -0.2) is 4.98 Å². The van der Waals surface area contributed by atoms with E-state index in [1.807, 2.05) is 18.2 Å². The van der Waals surface area contributed by atoms with Gasteiger partial charge >= 0.3 is 0 Å². The van der Waals surface area contributed by atoms with E-state index in [2.05, 4.69) is 34.7 Å². The van der Waals surface area contributed by atoms with Crippen LogP contribution < -0.4 is 5.32 Å². The molecule has 0 saturated carbocycles. The van der Waals surface area contributed by atoms with Crippen LogP contribution in [0, 0.1) is 12.8 Å². The first-order valence-corrected chi connectivity index (χ1v) is 6.34. The number of nitrogens with one attached hydrogen (secondary N) is 1. The molecule has 2 rings (SSSR count). The molecule has 1 atom stereocenters. The third-order valence-electron chi connectivity index (χ3n) is 3.07. The summed E-state index contributed by atoms with van der Waals surface area (Å²) in [5, 5.41) is 3.46. The zero-order valence-electron chi connectivity index (χ0n) is 11.3. The Bertz CT molecular complexity index is 507. The maximum Gasteiger partial charge on any atom is 0.137 e. The molecule has 0 radical (unpaired) electrons. The van der Waals surface area contributed by atoms with Crippen molar-refractivity contribution in [1.29, 1.82) is 0 Å². The molecule has 4 heteroatoms. The average Bonchev–Trinajstić information content (AvgIpc) is 2.66. The summed E-state index contributed by atoms with van der Waals surface area (Å²) >= 11 is 0. The van der Waals surface area contributed by atoms with Crippen molar-refractivity contribution in [2.45, 2.75) is 20.4 Å². The van der Waals surface area contributed by atoms with Gasteiger partial charge in [0, 0.05) is 33.0 Å². The van der Waals surface area contributed by atoms with Gasteiger partial charge in [-0.1, -0.05) is 13.0 Å². The van der Waals surface area contributed by atoms with Gasteiger partial charge in [-0.15, -0.1) is 0 Å². The Morgan fingerprint density at radius 3 is 3.06 bits per heavy atom. The number of aryl methyl sites for hydroxylation is 1. The third kappa shape index (κ3) is 2.89. The zero-order chi connectivity index (χ0) is 13.0. The van der Waals surface area contributed by atoms with E-state index in [4.69, 9.17) is 4.74 Å². The first-order chi connectivity index (χ1) is 8.72. The van der Waals surface area contributed by atoms with Crippen LogP contribution in [0.2, 0.25) is 0 Å². The van der Waals surface area contributed by atoms with E-state index in [1.165, 1.54) is 5.69 Å². The Hall–Kier alpha value is -1.39. The molecule has 0 saturated heterocycles. The average molecular weight is 247 g/mol. The first-order valence-electron chi connectivity index (χ1n) is 6.34. The summed E-state index contributed by atoms with van der Waals surface area (Å²) in [6.45, 7) is 6.82. The highest BCUT2D eigenvalue weighted by molar-refractivity contribution is 5.42. The number of hydrogen-bond donors (Lipinski definition) is 1. The molecular weight excluding hydrogens is 226 g/mol. The predicted octanol–water partition coefficient (Wildman–Crippen LogP) is 2.01. The Morgan fingerprint density at radius 2 is 2.28 bits per heavy atom. The van der Waals surface area contributed by atoms with Crippen molar-refractivity contribution in [2.24, 2.45) is 5.92 Å². The second-order valence-corrected chi connectivity index (χ2v) is 4.76. The maximum atomic E-state index is 5.13. The van der Waals surface area contributed by atoms with Crippen LogP contribution in [0.5, 0.6) is 0 Å². The van der Waals surface area contributed by atoms with Gasteiger partial charge in [0.25, 0.3) is 0 Å². The molecule has 98 valence electrons. The number of aromatic nitrogens is 2. The van der Waals surface area contributed by atoms with Crippen molar-refractivity contribution in [3.05, 3.63) is 35.8 Å². The van der Waals surface area contributed by atoms with E-state index < -0.39 is 0 Å². The number of nitrogens with zero attached hydrogens (tertiary/aromatic N) is 2. The monoisotopic (exact) mass is 247 g/mol. The van der Waals surface area contributed by atoms with E-state index in [-0.39, 0.29) is 0 Å². The highest BCUT2D eigenvalue weighted by Crippen LogP contribution is 2.11. The van der Waals surface area contributed by atoms with Gasteiger partial charge in [0.2, 0.25) is 0 Å². The molecule has 0 spiro atoms. The summed E-state index contributed by atoms with van der Waals surface area (Å²) in [5.74, 6) is 0.523. The van der Waals surface area contributed by atoms with Gasteiger partial charge in [0.1, 0.15) is 5.65 Å². The van der Waals surface area contributed by atoms with Crippen LogP contribution in [0.25, 0.3) is 5.65 Å². The van der Waals surface area contributed by atoms with Crippen molar-refractivity contribution >= 4 is 5.65 Å². The summed E-state index contributed by atoms with van der Waals surface area (Å²) in [4.78, 5) is 4.55. The summed E-state index contributed by atoms with van der Waals surface area (Å²) in [6.07, 6.45) is 2.06. The minimum absolute atomic E-state index is 0.523. The van der Waals surface area contributed by atoms with Crippen molar-refractivity contribution in [1.82, 2.24) is 14.7 Å². The Balaban J connectivity index is 2.01. The number of rotatable bonds is 6. The second kappa shape index (κ2) is 5.98. The number of pyridine rings is 1. The standard InChI is InChI=1S/C14H21N3O/c1-11(10-18-3)8-15-9-13-12(2)16-14-6-4-5-7-17(13)14/h4-7,11,15H,8-10H2,1-3H3. The molecule has 0 aliphatic heterocycles. The summed E-state index contributed by atoms with van der Waals surface area (Å²) in [6, 6.07) is 6.08. The number of methoxy groups -OCH3 is 1. The van der Waals surface area contributed by atoms with Gasteiger partial charge in [0.05, 0.1) is 11.4 Å². The smallest absolute Gasteiger partial charge is 0.137 e. The number of fused-ring (bicyclic) bond motifs is 1. The molecule has 0 aromatic carbocycles. The molecular formula is C14H21N3O. The van der Waals surface area contributed by atoms with E-state index >= 15 is 0 Å². The lowest BCUT2D eigenvalue weighted by molar-refractivity contribution is 0.158. The zero-order valence-corrected chi connectivity index (χ0v) is 11.3. The molecule has 1 N–H and O–H groups in total. The molecule has 0 bridgehead atoms. The summed E-state index contributed by atoms with van der Waals surface area (Å²) < 4.78 is 7.27. The molecule has 2 aromatic heterocycles. The normalized spacial score (nSPS) is 13.1. The fourth-order valence-corrected chi connectivity index (χ4v) is 2.16. The van der Waals surface area contributed by atoms with Crippen LogP contribution in [0.15, 0.2) is 24.4 Å². The van der Waals surface area contributed by atoms with Gasteiger partial charge in [-0.2, -0.15) is 0 Å². The Morgan fingerprint density at radius 1 is 1.44 bits per heavy atom. The molecule has 0 aliphatic rings. The van der Waals surface area contributed by atoms with Crippen LogP contribution >= 0.6 is 0 Å². The highest BCUT2D eigenvalue weighted by Gasteiger charge is 2.08. The molecule has 2 heterocycles. The van der Waals surface area contributed by atoms with Crippen LogP contribution in [-0.4, -0.2) is 29.6 Å². The molecule has 0 amide bonds. The molecule has 18 heavy (non-hydrogen) atoms. The van der Waals surface area contributed by atoms with Gasteiger partial charge in [-0.3, -0.25) is 0 Å². The lowest BCUT2D eigenvalue weighted by Crippen LogP contribution is -2.24.